The largest absolute Gasteiger partial charge is 0.358 e. The summed E-state index contributed by atoms with van der Waals surface area (Å²) in [6, 6.07) is 8.40. The molecular formula is C15H16N2O. The van der Waals surface area contributed by atoms with Crippen molar-refractivity contribution in [1.29, 1.82) is 0 Å². The second-order valence-corrected chi connectivity index (χ2v) is 5.38. The average Bonchev–Trinajstić information content (AvgIpc) is 2.69. The molecule has 2 aliphatic rings. The number of H-pyrrole nitrogens is 1. The van der Waals surface area contributed by atoms with Crippen molar-refractivity contribution in [2.45, 2.75) is 18.8 Å². The number of piperidine rings is 1. The molecule has 2 aromatic rings. The molecule has 2 aliphatic heterocycles. The van der Waals surface area contributed by atoms with Gasteiger partial charge in [0.1, 0.15) is 5.78 Å². The fourth-order valence-corrected chi connectivity index (χ4v) is 3.41. The van der Waals surface area contributed by atoms with Crippen molar-refractivity contribution in [3.8, 4) is 0 Å². The van der Waals surface area contributed by atoms with Gasteiger partial charge in [0.05, 0.1) is 5.92 Å². The van der Waals surface area contributed by atoms with E-state index in [9.17, 15) is 4.79 Å². The molecule has 3 heteroatoms. The minimum Gasteiger partial charge on any atom is -0.358 e. The number of rotatable bonds is 0. The quantitative estimate of drug-likeness (QED) is 0.765. The molecule has 0 aliphatic carbocycles. The lowest BCUT2D eigenvalue weighted by atomic mass is 9.92. The molecule has 0 spiro atoms. The van der Waals surface area contributed by atoms with Gasteiger partial charge in [-0.3, -0.25) is 4.79 Å². The Morgan fingerprint density at radius 2 is 2.00 bits per heavy atom. The lowest BCUT2D eigenvalue weighted by Crippen LogP contribution is -2.38. The monoisotopic (exact) mass is 240 g/mol. The number of fused-ring (bicyclic) bond motifs is 6. The zero-order chi connectivity index (χ0) is 12.1. The van der Waals surface area contributed by atoms with E-state index in [1.165, 1.54) is 22.2 Å². The summed E-state index contributed by atoms with van der Waals surface area (Å²) in [5.41, 5.74) is 3.73. The smallest absolute Gasteiger partial charge is 0.144 e. The maximum atomic E-state index is 12.2. The Morgan fingerprint density at radius 1 is 1.17 bits per heavy atom. The van der Waals surface area contributed by atoms with Gasteiger partial charge in [-0.2, -0.15) is 0 Å². The third-order valence-electron chi connectivity index (χ3n) is 4.38. The molecule has 2 atom stereocenters. The van der Waals surface area contributed by atoms with Crippen LogP contribution in [-0.2, 0) is 11.2 Å². The molecule has 3 heterocycles. The van der Waals surface area contributed by atoms with E-state index < -0.39 is 0 Å². The first kappa shape index (κ1) is 10.3. The van der Waals surface area contributed by atoms with Gasteiger partial charge < -0.3 is 9.88 Å². The standard InChI is InChI=1S/C15H16N2O/c18-14-6-8-17-7-5-11-10-3-1-2-4-13(10)16-15(11)12(14)9-17/h1-4,12,16H,5-9H2/t12-/m0/s1. The van der Waals surface area contributed by atoms with Gasteiger partial charge in [0, 0.05) is 42.7 Å². The predicted octanol–water partition coefficient (Wildman–Crippen LogP) is 2.08. The summed E-state index contributed by atoms with van der Waals surface area (Å²) in [5.74, 6) is 0.476. The number of carbonyl (C=O) groups is 1. The summed E-state index contributed by atoms with van der Waals surface area (Å²) in [5, 5.41) is 1.30. The van der Waals surface area contributed by atoms with Crippen LogP contribution in [0.15, 0.2) is 24.3 Å². The van der Waals surface area contributed by atoms with Gasteiger partial charge in [0.25, 0.3) is 0 Å². The van der Waals surface area contributed by atoms with Gasteiger partial charge in [0.2, 0.25) is 0 Å². The molecule has 1 aromatic carbocycles. The van der Waals surface area contributed by atoms with Gasteiger partial charge in [-0.1, -0.05) is 18.2 Å². The summed E-state index contributed by atoms with van der Waals surface area (Å²) in [7, 11) is 0. The number of hydrogen-bond acceptors (Lipinski definition) is 2. The molecule has 18 heavy (non-hydrogen) atoms. The molecule has 3 nitrogen and oxygen atoms in total. The Labute approximate surface area is 106 Å². The van der Waals surface area contributed by atoms with Gasteiger partial charge in [-0.25, -0.2) is 0 Å². The highest BCUT2D eigenvalue weighted by molar-refractivity contribution is 5.91. The van der Waals surface area contributed by atoms with E-state index in [4.69, 9.17) is 0 Å². The molecule has 1 aromatic heterocycles. The Hall–Kier alpha value is -1.61. The van der Waals surface area contributed by atoms with Crippen LogP contribution < -0.4 is 0 Å². The van der Waals surface area contributed by atoms with Gasteiger partial charge in [-0.05, 0) is 18.1 Å². The number of benzene rings is 1. The number of aromatic nitrogens is 1. The van der Waals surface area contributed by atoms with Crippen molar-refractivity contribution in [1.82, 2.24) is 9.88 Å². The summed E-state index contributed by atoms with van der Waals surface area (Å²) in [6.45, 7) is 2.93. The second kappa shape index (κ2) is 3.69. The third-order valence-corrected chi connectivity index (χ3v) is 4.38. The van der Waals surface area contributed by atoms with Gasteiger partial charge in [-0.15, -0.1) is 0 Å². The first-order chi connectivity index (χ1) is 8.83. The number of aromatic amines is 1. The molecule has 1 saturated heterocycles. The van der Waals surface area contributed by atoms with Crippen molar-refractivity contribution in [2.75, 3.05) is 19.6 Å². The van der Waals surface area contributed by atoms with E-state index in [1.54, 1.807) is 0 Å². The summed E-state index contributed by atoms with van der Waals surface area (Å²) in [4.78, 5) is 18.1. The highest BCUT2D eigenvalue weighted by atomic mass is 16.1. The first-order valence-corrected chi connectivity index (χ1v) is 6.67. The van der Waals surface area contributed by atoms with Crippen LogP contribution in [0.1, 0.15) is 23.6 Å². The normalized spacial score (nSPS) is 27.0. The van der Waals surface area contributed by atoms with E-state index in [0.29, 0.717) is 12.2 Å². The van der Waals surface area contributed by atoms with Crippen LogP contribution in [0.5, 0.6) is 0 Å². The number of hydrogen-bond donors (Lipinski definition) is 1. The molecule has 1 fully saturated rings. The van der Waals surface area contributed by atoms with Crippen molar-refractivity contribution in [2.24, 2.45) is 0 Å². The molecule has 2 bridgehead atoms. The lowest BCUT2D eigenvalue weighted by molar-refractivity contribution is -0.123. The van der Waals surface area contributed by atoms with E-state index in [-0.39, 0.29) is 5.92 Å². The Kier molecular flexibility index (Phi) is 2.12. The zero-order valence-electron chi connectivity index (χ0n) is 10.3. The first-order valence-electron chi connectivity index (χ1n) is 6.67. The van der Waals surface area contributed by atoms with Crippen LogP contribution >= 0.6 is 0 Å². The van der Waals surface area contributed by atoms with Crippen molar-refractivity contribution in [3.63, 3.8) is 0 Å². The highest BCUT2D eigenvalue weighted by Gasteiger charge is 2.34. The Morgan fingerprint density at radius 3 is 2.94 bits per heavy atom. The lowest BCUT2D eigenvalue weighted by Gasteiger charge is -2.28. The number of nitrogens with zero attached hydrogens (tertiary/aromatic N) is 1. The molecule has 1 unspecified atom stereocenters. The third kappa shape index (κ3) is 1.37. The minimum absolute atomic E-state index is 0.0728. The number of ketones is 1. The maximum Gasteiger partial charge on any atom is 0.144 e. The molecule has 92 valence electrons. The van der Waals surface area contributed by atoms with Crippen LogP contribution in [0.3, 0.4) is 0 Å². The van der Waals surface area contributed by atoms with Crippen molar-refractivity contribution >= 4 is 16.7 Å². The molecular weight excluding hydrogens is 224 g/mol. The Bertz CT molecular complexity index is 628. The molecule has 0 amide bonds. The van der Waals surface area contributed by atoms with E-state index in [2.05, 4.69) is 28.1 Å². The van der Waals surface area contributed by atoms with Crippen molar-refractivity contribution < 1.29 is 4.79 Å². The topological polar surface area (TPSA) is 36.1 Å². The average molecular weight is 240 g/mol. The van der Waals surface area contributed by atoms with E-state index >= 15 is 0 Å². The summed E-state index contributed by atoms with van der Waals surface area (Å²) in [6.07, 6.45) is 1.77. The second-order valence-electron chi connectivity index (χ2n) is 5.38. The van der Waals surface area contributed by atoms with E-state index in [1.807, 2.05) is 6.07 Å². The van der Waals surface area contributed by atoms with Crippen LogP contribution in [0, 0.1) is 0 Å². The van der Waals surface area contributed by atoms with Crippen LogP contribution in [-0.4, -0.2) is 35.3 Å². The fourth-order valence-electron chi connectivity index (χ4n) is 3.41. The number of Topliss-reactive ketones (excluding diaryl/α,β-unsaturated/α-hetero) is 1. The summed E-state index contributed by atoms with van der Waals surface area (Å²) >= 11 is 0. The number of nitrogens with one attached hydrogen (secondary N) is 1. The number of para-hydroxylation sites is 1. The van der Waals surface area contributed by atoms with Gasteiger partial charge >= 0.3 is 0 Å². The van der Waals surface area contributed by atoms with Crippen molar-refractivity contribution in [3.05, 3.63) is 35.5 Å². The van der Waals surface area contributed by atoms with Crippen LogP contribution in [0.2, 0.25) is 0 Å². The Balaban J connectivity index is 1.94. The molecule has 1 N–H and O–H groups in total. The summed E-state index contributed by atoms with van der Waals surface area (Å²) < 4.78 is 0. The maximum absolute atomic E-state index is 12.2. The van der Waals surface area contributed by atoms with E-state index in [0.717, 1.165) is 26.1 Å². The SMILES string of the molecule is O=C1CCN2CCc3c([nH]c4ccccc34)[C@H]1C2. The van der Waals surface area contributed by atoms with Crippen LogP contribution in [0.25, 0.3) is 10.9 Å². The fraction of sp³-hybridized carbons (Fsp3) is 0.400. The highest BCUT2D eigenvalue weighted by Crippen LogP contribution is 2.34. The predicted molar refractivity (Wildman–Crippen MR) is 70.8 cm³/mol. The molecule has 4 rings (SSSR count). The van der Waals surface area contributed by atoms with Crippen LogP contribution in [0.4, 0.5) is 0 Å². The molecule has 0 saturated carbocycles. The minimum atomic E-state index is 0.0728. The molecule has 0 radical (unpaired) electrons. The number of carbonyl (C=O) groups excluding carboxylic acids is 1. The zero-order valence-corrected chi connectivity index (χ0v) is 10.3. The van der Waals surface area contributed by atoms with Gasteiger partial charge in [0.15, 0.2) is 0 Å².